The lowest BCUT2D eigenvalue weighted by atomic mass is 9.52. The van der Waals surface area contributed by atoms with Gasteiger partial charge in [-0.1, -0.05) is 13.3 Å². The molecular formula is C15H16N4O2. The number of nitrogens with zero attached hydrogens (tertiary/aromatic N) is 3. The predicted molar refractivity (Wildman–Crippen MR) is 70.4 cm³/mol. The first-order chi connectivity index (χ1) is 10.1. The summed E-state index contributed by atoms with van der Waals surface area (Å²) < 4.78 is 11.8. The SMILES string of the molecule is CC[C@@H]1O[C@@]23CCCC[C@H]2[C@@](C#N)(C(=N)O3)C1(C#N)C#N. The molecule has 6 heteroatoms. The van der Waals surface area contributed by atoms with Crippen LogP contribution in [-0.4, -0.2) is 17.8 Å². The fourth-order valence-electron chi connectivity index (χ4n) is 4.35. The minimum atomic E-state index is -1.68. The monoisotopic (exact) mass is 284 g/mol. The average molecular weight is 284 g/mol. The van der Waals surface area contributed by atoms with Gasteiger partial charge in [-0.2, -0.15) is 15.8 Å². The van der Waals surface area contributed by atoms with Crippen LogP contribution in [0.2, 0.25) is 0 Å². The Bertz CT molecular complexity index is 611. The molecule has 0 aromatic heterocycles. The molecule has 3 fully saturated rings. The summed E-state index contributed by atoms with van der Waals surface area (Å²) in [6, 6.07) is 6.17. The fourth-order valence-corrected chi connectivity index (χ4v) is 4.35. The Balaban J connectivity index is 2.30. The molecule has 21 heavy (non-hydrogen) atoms. The summed E-state index contributed by atoms with van der Waals surface area (Å²) in [7, 11) is 0. The highest BCUT2D eigenvalue weighted by Crippen LogP contribution is 2.66. The van der Waals surface area contributed by atoms with Crippen molar-refractivity contribution < 1.29 is 9.47 Å². The molecule has 108 valence electrons. The normalized spacial score (nSPS) is 42.9. The molecule has 2 heterocycles. The first-order valence-corrected chi connectivity index (χ1v) is 7.26. The maximum absolute atomic E-state index is 9.86. The van der Waals surface area contributed by atoms with E-state index in [1.807, 2.05) is 19.1 Å². The number of nitriles is 3. The van der Waals surface area contributed by atoms with Gasteiger partial charge in [-0.05, 0) is 19.3 Å². The van der Waals surface area contributed by atoms with E-state index < -0.39 is 28.6 Å². The standard InChI is InChI=1S/C15H16N4O2/c1-2-11-13(7-16,8-17)14(9-18)10-5-3-4-6-15(10,20-11)21-12(14)19/h10-11,19H,2-6H2,1H3/t10-,11-,14-,15+/m0/s1. The van der Waals surface area contributed by atoms with Crippen LogP contribution in [0.3, 0.4) is 0 Å². The largest absolute Gasteiger partial charge is 0.447 e. The summed E-state index contributed by atoms with van der Waals surface area (Å²) in [6.45, 7) is 1.82. The van der Waals surface area contributed by atoms with Gasteiger partial charge < -0.3 is 9.47 Å². The fraction of sp³-hybridized carbons (Fsp3) is 0.733. The molecule has 3 aliphatic rings. The number of hydrogen-bond donors (Lipinski definition) is 1. The first kappa shape index (κ1) is 13.9. The minimum Gasteiger partial charge on any atom is -0.447 e. The van der Waals surface area contributed by atoms with Crippen molar-refractivity contribution in [3.63, 3.8) is 0 Å². The van der Waals surface area contributed by atoms with E-state index in [0.717, 1.165) is 12.8 Å². The molecule has 1 saturated carbocycles. The van der Waals surface area contributed by atoms with Crippen LogP contribution in [0.5, 0.6) is 0 Å². The molecule has 1 aliphatic carbocycles. The summed E-state index contributed by atoms with van der Waals surface area (Å²) in [5, 5.41) is 37.5. The molecule has 4 atom stereocenters. The molecular weight excluding hydrogens is 268 g/mol. The Morgan fingerprint density at radius 3 is 2.52 bits per heavy atom. The van der Waals surface area contributed by atoms with Crippen molar-refractivity contribution in [3.8, 4) is 18.2 Å². The Kier molecular flexibility index (Phi) is 2.77. The van der Waals surface area contributed by atoms with E-state index in [-0.39, 0.29) is 5.90 Å². The molecule has 0 radical (unpaired) electrons. The van der Waals surface area contributed by atoms with Crippen LogP contribution in [0, 0.1) is 56.2 Å². The van der Waals surface area contributed by atoms with Gasteiger partial charge >= 0.3 is 0 Å². The molecule has 0 unspecified atom stereocenters. The van der Waals surface area contributed by atoms with Gasteiger partial charge in [0.2, 0.25) is 11.7 Å². The third kappa shape index (κ3) is 1.26. The minimum absolute atomic E-state index is 0.268. The van der Waals surface area contributed by atoms with Gasteiger partial charge in [-0.3, -0.25) is 5.41 Å². The van der Waals surface area contributed by atoms with Crippen molar-refractivity contribution in [2.45, 2.75) is 50.9 Å². The summed E-state index contributed by atoms with van der Waals surface area (Å²) in [6.07, 6.45) is 2.73. The van der Waals surface area contributed by atoms with E-state index in [1.54, 1.807) is 0 Å². The molecule has 2 saturated heterocycles. The third-order valence-electron chi connectivity index (χ3n) is 5.30. The second kappa shape index (κ2) is 4.20. The van der Waals surface area contributed by atoms with E-state index in [1.165, 1.54) is 0 Å². The molecule has 0 aromatic rings. The van der Waals surface area contributed by atoms with Crippen LogP contribution in [0.25, 0.3) is 0 Å². The second-order valence-electron chi connectivity index (χ2n) is 6.01. The summed E-state index contributed by atoms with van der Waals surface area (Å²) >= 11 is 0. The smallest absolute Gasteiger partial charge is 0.217 e. The van der Waals surface area contributed by atoms with Crippen molar-refractivity contribution in [2.24, 2.45) is 16.7 Å². The van der Waals surface area contributed by atoms with Gasteiger partial charge in [0.05, 0.1) is 30.2 Å². The zero-order valence-electron chi connectivity index (χ0n) is 11.8. The molecule has 2 aliphatic heterocycles. The van der Waals surface area contributed by atoms with Crippen molar-refractivity contribution in [1.29, 1.82) is 21.2 Å². The Morgan fingerprint density at radius 1 is 1.24 bits per heavy atom. The van der Waals surface area contributed by atoms with Gasteiger partial charge in [0, 0.05) is 6.42 Å². The van der Waals surface area contributed by atoms with Crippen molar-refractivity contribution in [1.82, 2.24) is 0 Å². The highest BCUT2D eigenvalue weighted by molar-refractivity contribution is 5.89. The molecule has 0 amide bonds. The van der Waals surface area contributed by atoms with Gasteiger partial charge in [-0.25, -0.2) is 0 Å². The lowest BCUT2D eigenvalue weighted by molar-refractivity contribution is -0.291. The topological polar surface area (TPSA) is 114 Å². The van der Waals surface area contributed by atoms with Crippen LogP contribution >= 0.6 is 0 Å². The molecule has 2 bridgehead atoms. The van der Waals surface area contributed by atoms with E-state index in [0.29, 0.717) is 19.3 Å². The Hall–Kier alpha value is -2.10. The number of hydrogen-bond acceptors (Lipinski definition) is 6. The first-order valence-electron chi connectivity index (χ1n) is 7.26. The van der Waals surface area contributed by atoms with Crippen LogP contribution in [0.1, 0.15) is 39.0 Å². The Labute approximate surface area is 123 Å². The molecule has 0 spiro atoms. The summed E-state index contributed by atoms with van der Waals surface area (Å²) in [5.74, 6) is -1.68. The molecule has 1 N–H and O–H groups in total. The molecule has 3 rings (SSSR count). The Morgan fingerprint density at radius 2 is 1.95 bits per heavy atom. The van der Waals surface area contributed by atoms with Crippen molar-refractivity contribution >= 4 is 5.90 Å². The predicted octanol–water partition coefficient (Wildman–Crippen LogP) is 2.23. The molecule has 0 aromatic carbocycles. The lowest BCUT2D eigenvalue weighted by Crippen LogP contribution is -2.63. The highest BCUT2D eigenvalue weighted by atomic mass is 16.7. The van der Waals surface area contributed by atoms with Gasteiger partial charge in [-0.15, -0.1) is 0 Å². The van der Waals surface area contributed by atoms with Crippen LogP contribution < -0.4 is 0 Å². The van der Waals surface area contributed by atoms with E-state index >= 15 is 0 Å². The zero-order valence-corrected chi connectivity index (χ0v) is 11.8. The van der Waals surface area contributed by atoms with Crippen LogP contribution in [0.15, 0.2) is 0 Å². The summed E-state index contributed by atoms with van der Waals surface area (Å²) in [5.41, 5.74) is -3.20. The quantitative estimate of drug-likeness (QED) is 0.793. The van der Waals surface area contributed by atoms with Gasteiger partial charge in [0.15, 0.2) is 10.8 Å². The van der Waals surface area contributed by atoms with E-state index in [2.05, 4.69) is 6.07 Å². The third-order valence-corrected chi connectivity index (χ3v) is 5.30. The maximum atomic E-state index is 9.86. The van der Waals surface area contributed by atoms with Crippen molar-refractivity contribution in [3.05, 3.63) is 0 Å². The van der Waals surface area contributed by atoms with E-state index in [4.69, 9.17) is 14.9 Å². The van der Waals surface area contributed by atoms with Gasteiger partial charge in [0.25, 0.3) is 0 Å². The number of nitrogens with one attached hydrogen (secondary N) is 1. The van der Waals surface area contributed by atoms with Crippen LogP contribution in [-0.2, 0) is 9.47 Å². The highest BCUT2D eigenvalue weighted by Gasteiger charge is 2.79. The second-order valence-corrected chi connectivity index (χ2v) is 6.01. The van der Waals surface area contributed by atoms with E-state index in [9.17, 15) is 15.8 Å². The number of ether oxygens (including phenoxy) is 2. The molecule has 6 nitrogen and oxygen atoms in total. The van der Waals surface area contributed by atoms with Crippen LogP contribution in [0.4, 0.5) is 0 Å². The van der Waals surface area contributed by atoms with Gasteiger partial charge in [0.1, 0.15) is 0 Å². The number of rotatable bonds is 1. The lowest BCUT2D eigenvalue weighted by Gasteiger charge is -2.51. The average Bonchev–Trinajstić information content (AvgIpc) is 2.72. The summed E-state index contributed by atoms with van der Waals surface area (Å²) in [4.78, 5) is 0. The zero-order chi connectivity index (χ0) is 15.3. The maximum Gasteiger partial charge on any atom is 0.217 e. The van der Waals surface area contributed by atoms with Crippen molar-refractivity contribution in [2.75, 3.05) is 0 Å².